The molecule has 0 radical (unpaired) electrons. The van der Waals surface area contributed by atoms with Gasteiger partial charge in [0.2, 0.25) is 0 Å². The van der Waals surface area contributed by atoms with Gasteiger partial charge in [-0.25, -0.2) is 19.3 Å². The summed E-state index contributed by atoms with van der Waals surface area (Å²) in [5.74, 6) is 0.0737. The van der Waals surface area contributed by atoms with Crippen LogP contribution in [0.3, 0.4) is 0 Å². The van der Waals surface area contributed by atoms with Crippen molar-refractivity contribution in [1.82, 2.24) is 19.9 Å². The van der Waals surface area contributed by atoms with Crippen molar-refractivity contribution in [3.8, 4) is 11.1 Å². The molecule has 3 heterocycles. The highest BCUT2D eigenvalue weighted by molar-refractivity contribution is 5.91. The van der Waals surface area contributed by atoms with Crippen molar-refractivity contribution in [2.75, 3.05) is 5.32 Å². The average Bonchev–Trinajstić information content (AvgIpc) is 2.91. The Hall–Kier alpha value is -4.72. The molecule has 7 nitrogen and oxygen atoms in total. The summed E-state index contributed by atoms with van der Waals surface area (Å²) in [4.78, 5) is 33.7. The van der Waals surface area contributed by atoms with Crippen molar-refractivity contribution < 1.29 is 4.39 Å². The lowest BCUT2D eigenvalue weighted by Crippen LogP contribution is -2.15. The molecule has 0 fully saturated rings. The van der Waals surface area contributed by atoms with Gasteiger partial charge in [-0.1, -0.05) is 36.4 Å². The molecule has 8 heteroatoms. The Morgan fingerprint density at radius 1 is 1.14 bits per heavy atom. The van der Waals surface area contributed by atoms with Crippen LogP contribution in [-0.4, -0.2) is 26.2 Å². The zero-order valence-corrected chi connectivity index (χ0v) is 20.4. The number of benzene rings is 2. The number of pyridine rings is 2. The number of H-pyrrole nitrogens is 1. The summed E-state index contributed by atoms with van der Waals surface area (Å²) >= 11 is 0. The quantitative estimate of drug-likeness (QED) is 0.272. The summed E-state index contributed by atoms with van der Waals surface area (Å²) in [5, 5.41) is 4.45. The molecule has 0 aliphatic carbocycles. The van der Waals surface area contributed by atoms with Crippen LogP contribution in [0, 0.1) is 5.82 Å². The predicted octanol–water partition coefficient (Wildman–Crippen LogP) is 5.99. The molecule has 3 aromatic heterocycles. The monoisotopic (exact) mass is 492 g/mol. The highest BCUT2D eigenvalue weighted by Crippen LogP contribution is 2.37. The third-order valence-corrected chi connectivity index (χ3v) is 6.09. The Bertz CT molecular complexity index is 1690. The molecule has 2 N–H and O–H groups in total. The lowest BCUT2D eigenvalue weighted by molar-refractivity contribution is 0.629. The molecule has 0 saturated heterocycles. The molecule has 37 heavy (non-hydrogen) atoms. The van der Waals surface area contributed by atoms with E-state index in [4.69, 9.17) is 4.98 Å². The molecule has 0 aliphatic heterocycles. The second-order valence-electron chi connectivity index (χ2n) is 8.55. The molecule has 0 aliphatic rings. The second kappa shape index (κ2) is 10.5. The van der Waals surface area contributed by atoms with Crippen LogP contribution in [-0.2, 0) is 6.54 Å². The smallest absolute Gasteiger partial charge is 0.194 e. The van der Waals surface area contributed by atoms with Crippen molar-refractivity contribution in [3.63, 3.8) is 0 Å². The van der Waals surface area contributed by atoms with Gasteiger partial charge in [0.15, 0.2) is 5.43 Å². The van der Waals surface area contributed by atoms with E-state index in [9.17, 15) is 9.18 Å². The van der Waals surface area contributed by atoms with Gasteiger partial charge in [0.1, 0.15) is 29.0 Å². The summed E-state index contributed by atoms with van der Waals surface area (Å²) in [5.41, 5.74) is 4.32. The van der Waals surface area contributed by atoms with Crippen molar-refractivity contribution in [2.24, 2.45) is 4.99 Å². The van der Waals surface area contributed by atoms with Gasteiger partial charge in [0.25, 0.3) is 0 Å². The van der Waals surface area contributed by atoms with Crippen LogP contribution in [0.25, 0.3) is 33.1 Å². The number of aromatic nitrogens is 4. The van der Waals surface area contributed by atoms with Gasteiger partial charge in [-0.15, -0.1) is 0 Å². The minimum atomic E-state index is -0.361. The van der Waals surface area contributed by atoms with Crippen molar-refractivity contribution >= 4 is 34.0 Å². The summed E-state index contributed by atoms with van der Waals surface area (Å²) in [6, 6.07) is 15.5. The Morgan fingerprint density at radius 3 is 2.78 bits per heavy atom. The highest BCUT2D eigenvalue weighted by atomic mass is 19.1. The van der Waals surface area contributed by atoms with E-state index in [1.807, 2.05) is 56.3 Å². The fraction of sp³-hybridized carbons (Fsp3) is 0.138. The minimum absolute atomic E-state index is 0.187. The molecule has 0 spiro atoms. The summed E-state index contributed by atoms with van der Waals surface area (Å²) in [7, 11) is 0. The van der Waals surface area contributed by atoms with E-state index < -0.39 is 0 Å². The summed E-state index contributed by atoms with van der Waals surface area (Å²) in [6.45, 7) is 4.22. The standard InChI is InChI=1S/C29H25FN6O/c1-3-4-13-31-16-22-21-15-20(30)10-11-23(21)36-27(25(22)19-8-6-5-7-9-19)18(2)35-29-26-24(37)12-14-32-28(26)33-17-34-29/h3-15,17-18H,16H2,1-2H3,(H2,32,33,34,35,37)/b4-3-,31-13?/t18-/m0/s1. The Morgan fingerprint density at radius 2 is 1.97 bits per heavy atom. The van der Waals surface area contributed by atoms with E-state index in [0.29, 0.717) is 34.3 Å². The first kappa shape index (κ1) is 24.0. The molecule has 184 valence electrons. The SMILES string of the molecule is C/C=C\C=NCc1c(-c2ccccc2)c([C@H](C)Nc2ncnc3[nH]ccc(=O)c23)nc2ccc(F)cc12. The Kier molecular flexibility index (Phi) is 6.81. The maximum Gasteiger partial charge on any atom is 0.194 e. The molecule has 0 unspecified atom stereocenters. The number of nitrogens with zero attached hydrogens (tertiary/aromatic N) is 4. The minimum Gasteiger partial charge on any atom is -0.361 e. The second-order valence-corrected chi connectivity index (χ2v) is 8.55. The van der Waals surface area contributed by atoms with Gasteiger partial charge in [0.05, 0.1) is 23.8 Å². The number of halogens is 1. The summed E-state index contributed by atoms with van der Waals surface area (Å²) < 4.78 is 14.4. The van der Waals surface area contributed by atoms with Gasteiger partial charge in [0, 0.05) is 29.4 Å². The van der Waals surface area contributed by atoms with E-state index in [-0.39, 0.29) is 17.3 Å². The third-order valence-electron chi connectivity index (χ3n) is 6.09. The number of aliphatic imine (C=N–C) groups is 1. The van der Waals surface area contributed by atoms with Gasteiger partial charge in [-0.3, -0.25) is 9.79 Å². The van der Waals surface area contributed by atoms with Gasteiger partial charge >= 0.3 is 0 Å². The first-order chi connectivity index (χ1) is 18.1. The van der Waals surface area contributed by atoms with Gasteiger partial charge in [-0.05, 0) is 49.2 Å². The number of anilines is 1. The van der Waals surface area contributed by atoms with E-state index in [1.54, 1.807) is 18.5 Å². The predicted molar refractivity (Wildman–Crippen MR) is 146 cm³/mol. The van der Waals surface area contributed by atoms with Crippen molar-refractivity contribution in [2.45, 2.75) is 26.4 Å². The fourth-order valence-corrected chi connectivity index (χ4v) is 4.41. The molecular formula is C29H25FN6O. The van der Waals surface area contributed by atoms with Gasteiger partial charge in [-0.2, -0.15) is 0 Å². The van der Waals surface area contributed by atoms with Crippen molar-refractivity contribution in [3.05, 3.63) is 107 Å². The number of fused-ring (bicyclic) bond motifs is 2. The lowest BCUT2D eigenvalue weighted by Gasteiger charge is -2.22. The average molecular weight is 493 g/mol. The van der Waals surface area contributed by atoms with Crippen LogP contribution < -0.4 is 10.7 Å². The molecule has 5 aromatic rings. The van der Waals surface area contributed by atoms with E-state index in [2.05, 4.69) is 25.3 Å². The molecule has 0 amide bonds. The number of aromatic amines is 1. The molecular weight excluding hydrogens is 467 g/mol. The molecule has 0 saturated carbocycles. The first-order valence-electron chi connectivity index (χ1n) is 11.9. The van der Waals surface area contributed by atoms with Crippen LogP contribution in [0.15, 0.2) is 89.1 Å². The maximum absolute atomic E-state index is 14.4. The zero-order valence-electron chi connectivity index (χ0n) is 20.4. The fourth-order valence-electron chi connectivity index (χ4n) is 4.41. The number of hydrogen-bond acceptors (Lipinski definition) is 6. The largest absolute Gasteiger partial charge is 0.361 e. The van der Waals surface area contributed by atoms with E-state index in [1.165, 1.54) is 24.5 Å². The first-order valence-corrected chi connectivity index (χ1v) is 11.9. The van der Waals surface area contributed by atoms with E-state index in [0.717, 1.165) is 22.4 Å². The van der Waals surface area contributed by atoms with Crippen LogP contribution >= 0.6 is 0 Å². The van der Waals surface area contributed by atoms with Crippen molar-refractivity contribution in [1.29, 1.82) is 0 Å². The molecule has 5 rings (SSSR count). The lowest BCUT2D eigenvalue weighted by atomic mass is 9.92. The number of allylic oxidation sites excluding steroid dienone is 2. The number of hydrogen-bond donors (Lipinski definition) is 2. The number of rotatable bonds is 7. The van der Waals surface area contributed by atoms with Crippen LogP contribution in [0.5, 0.6) is 0 Å². The van der Waals surface area contributed by atoms with Gasteiger partial charge < -0.3 is 10.3 Å². The Labute approximate surface area is 212 Å². The summed E-state index contributed by atoms with van der Waals surface area (Å²) in [6.07, 6.45) is 8.46. The van der Waals surface area contributed by atoms with Crippen LogP contribution in [0.1, 0.15) is 31.1 Å². The zero-order chi connectivity index (χ0) is 25.8. The van der Waals surface area contributed by atoms with E-state index >= 15 is 0 Å². The topological polar surface area (TPSA) is 95.9 Å². The van der Waals surface area contributed by atoms with Crippen LogP contribution in [0.2, 0.25) is 0 Å². The molecule has 2 aromatic carbocycles. The molecule has 1 atom stereocenters. The Balaban J connectivity index is 1.72. The normalized spacial score (nSPS) is 12.6. The molecule has 0 bridgehead atoms. The maximum atomic E-state index is 14.4. The third kappa shape index (κ3) is 4.86. The van der Waals surface area contributed by atoms with Crippen LogP contribution in [0.4, 0.5) is 10.2 Å². The number of nitrogens with one attached hydrogen (secondary N) is 2. The highest BCUT2D eigenvalue weighted by Gasteiger charge is 2.22.